The van der Waals surface area contributed by atoms with Crippen LogP contribution in [0, 0.1) is 35.0 Å². The fourth-order valence-electron chi connectivity index (χ4n) is 7.90. The summed E-state index contributed by atoms with van der Waals surface area (Å²) in [6.07, 6.45) is 12.1. The number of aliphatic hydroxyl groups excluding tert-OH is 2. The number of carbonyl (C=O) groups is 1. The lowest BCUT2D eigenvalue weighted by molar-refractivity contribution is -0.140. The summed E-state index contributed by atoms with van der Waals surface area (Å²) < 4.78 is 5.83. The third-order valence-corrected chi connectivity index (χ3v) is 9.74. The van der Waals surface area contributed by atoms with Gasteiger partial charge in [0.15, 0.2) is 0 Å². The van der Waals surface area contributed by atoms with Crippen LogP contribution in [0.5, 0.6) is 0 Å². The maximum atomic E-state index is 12.3. The molecule has 1 heterocycles. The Balaban J connectivity index is 1.48. The number of esters is 1. The molecule has 0 aromatic heterocycles. The Bertz CT molecular complexity index is 911. The Kier molecular flexibility index (Phi) is 7.83. The first-order valence-electron chi connectivity index (χ1n) is 13.9. The molecule has 4 aliphatic rings. The average molecular weight is 483 g/mol. The molecule has 0 amide bonds. The molecule has 4 fully saturated rings. The number of hydrogen-bond donors (Lipinski definition) is 2. The number of ether oxygens (including phenoxy) is 1. The SMILES string of the molecule is C=C1C(=O)O[C@H](C[C@@H](C)[C@H]2CC[C@H]3/C(=C/C=C4/C[C@@H](O)C[C@H](O)C4=C)CCC[C@]23C)[C@@H]1CC(C)C. The maximum absolute atomic E-state index is 12.3. The summed E-state index contributed by atoms with van der Waals surface area (Å²) in [5.41, 5.74) is 4.19. The number of allylic oxidation sites excluding steroid dienone is 3. The van der Waals surface area contributed by atoms with Gasteiger partial charge >= 0.3 is 5.97 Å². The predicted octanol–water partition coefficient (Wildman–Crippen LogP) is 6.30. The van der Waals surface area contributed by atoms with Gasteiger partial charge in [-0.1, -0.05) is 58.6 Å². The van der Waals surface area contributed by atoms with E-state index in [1.165, 1.54) is 31.3 Å². The third kappa shape index (κ3) is 5.25. The zero-order valence-corrected chi connectivity index (χ0v) is 22.3. The quantitative estimate of drug-likeness (QED) is 0.344. The fourth-order valence-corrected chi connectivity index (χ4v) is 7.90. The lowest BCUT2D eigenvalue weighted by Gasteiger charge is -2.45. The van der Waals surface area contributed by atoms with Crippen LogP contribution in [0.3, 0.4) is 0 Å². The molecule has 0 aromatic carbocycles. The Hall–Kier alpha value is -1.65. The van der Waals surface area contributed by atoms with Gasteiger partial charge in [-0.25, -0.2) is 4.79 Å². The van der Waals surface area contributed by atoms with Crippen molar-refractivity contribution in [2.24, 2.45) is 35.0 Å². The number of rotatable bonds is 6. The second kappa shape index (κ2) is 10.4. The summed E-state index contributed by atoms with van der Waals surface area (Å²) in [5, 5.41) is 20.3. The molecule has 0 bridgehead atoms. The highest BCUT2D eigenvalue weighted by atomic mass is 16.6. The van der Waals surface area contributed by atoms with Crippen LogP contribution >= 0.6 is 0 Å². The molecule has 4 rings (SSSR count). The van der Waals surface area contributed by atoms with Gasteiger partial charge in [-0.2, -0.15) is 0 Å². The summed E-state index contributed by atoms with van der Waals surface area (Å²) in [4.78, 5) is 12.3. The van der Waals surface area contributed by atoms with Crippen LogP contribution in [0.25, 0.3) is 0 Å². The number of carbonyl (C=O) groups excluding carboxylic acids is 1. The van der Waals surface area contributed by atoms with E-state index in [0.717, 1.165) is 30.4 Å². The fraction of sp³-hybridized carbons (Fsp3) is 0.710. The molecule has 1 aliphatic heterocycles. The molecule has 194 valence electrons. The molecule has 4 nitrogen and oxygen atoms in total. The van der Waals surface area contributed by atoms with Crippen LogP contribution in [0.4, 0.5) is 0 Å². The zero-order valence-electron chi connectivity index (χ0n) is 22.3. The molecule has 0 aromatic rings. The second-order valence-electron chi connectivity index (χ2n) is 12.6. The predicted molar refractivity (Wildman–Crippen MR) is 140 cm³/mol. The molecular weight excluding hydrogens is 436 g/mol. The molecule has 8 atom stereocenters. The van der Waals surface area contributed by atoms with Crippen molar-refractivity contribution in [3.8, 4) is 0 Å². The van der Waals surface area contributed by atoms with Crippen LogP contribution in [0.1, 0.15) is 85.5 Å². The maximum Gasteiger partial charge on any atom is 0.334 e. The molecule has 0 radical (unpaired) electrons. The van der Waals surface area contributed by atoms with Gasteiger partial charge < -0.3 is 14.9 Å². The molecule has 3 saturated carbocycles. The molecular formula is C31H46O4. The van der Waals surface area contributed by atoms with Gasteiger partial charge in [0.25, 0.3) is 0 Å². The monoisotopic (exact) mass is 482 g/mol. The lowest BCUT2D eigenvalue weighted by atomic mass is 9.60. The summed E-state index contributed by atoms with van der Waals surface area (Å²) in [7, 11) is 0. The Labute approximate surface area is 212 Å². The van der Waals surface area contributed by atoms with Crippen LogP contribution in [0.2, 0.25) is 0 Å². The van der Waals surface area contributed by atoms with Gasteiger partial charge in [0.05, 0.1) is 12.2 Å². The second-order valence-corrected chi connectivity index (χ2v) is 12.6. The summed E-state index contributed by atoms with van der Waals surface area (Å²) >= 11 is 0. The van der Waals surface area contributed by atoms with Gasteiger partial charge in [0, 0.05) is 17.9 Å². The number of fused-ring (bicyclic) bond motifs is 1. The highest BCUT2D eigenvalue weighted by Crippen LogP contribution is 2.60. The number of aliphatic hydroxyl groups is 2. The molecule has 35 heavy (non-hydrogen) atoms. The average Bonchev–Trinajstić information content (AvgIpc) is 3.26. The molecule has 0 unspecified atom stereocenters. The first-order valence-corrected chi connectivity index (χ1v) is 13.9. The van der Waals surface area contributed by atoms with Gasteiger partial charge in [0.1, 0.15) is 6.10 Å². The number of hydrogen-bond acceptors (Lipinski definition) is 4. The van der Waals surface area contributed by atoms with Crippen molar-refractivity contribution in [1.29, 1.82) is 0 Å². The summed E-state index contributed by atoms with van der Waals surface area (Å²) in [5.74, 6) is 2.14. The van der Waals surface area contributed by atoms with Gasteiger partial charge in [0.2, 0.25) is 0 Å². The van der Waals surface area contributed by atoms with Crippen molar-refractivity contribution in [3.63, 3.8) is 0 Å². The third-order valence-electron chi connectivity index (χ3n) is 9.74. The molecule has 3 aliphatic carbocycles. The highest BCUT2D eigenvalue weighted by Gasteiger charge is 2.51. The van der Waals surface area contributed by atoms with Gasteiger partial charge in [-0.3, -0.25) is 0 Å². The standard InChI is InChI=1S/C31H46O4/c1-18(2)14-25-21(5)30(34)35-29(25)15-19(3)26-11-12-27-22(8-7-13-31(26,27)6)9-10-23-16-24(32)17-28(33)20(23)4/h9-10,18-19,24-29,32-33H,4-5,7-8,11-17H2,1-3,6H3/b22-9+,23-10-/t19-,24-,25-,26-,27+,28+,29-,31-/m1/s1. The van der Waals surface area contributed by atoms with Crippen molar-refractivity contribution in [3.05, 3.63) is 47.6 Å². The van der Waals surface area contributed by atoms with E-state index < -0.39 is 12.2 Å². The van der Waals surface area contributed by atoms with Crippen molar-refractivity contribution in [2.45, 2.75) is 104 Å². The zero-order chi connectivity index (χ0) is 25.5. The van der Waals surface area contributed by atoms with Crippen molar-refractivity contribution < 1.29 is 19.7 Å². The van der Waals surface area contributed by atoms with E-state index in [1.54, 1.807) is 0 Å². The minimum atomic E-state index is -0.642. The lowest BCUT2D eigenvalue weighted by Crippen LogP contribution is -2.37. The first-order chi connectivity index (χ1) is 16.5. The number of cyclic esters (lactones) is 1. The Morgan fingerprint density at radius 1 is 1.11 bits per heavy atom. The smallest absolute Gasteiger partial charge is 0.334 e. The minimum absolute atomic E-state index is 0.0337. The van der Waals surface area contributed by atoms with Gasteiger partial charge in [-0.15, -0.1) is 0 Å². The van der Waals surface area contributed by atoms with Crippen LogP contribution in [-0.2, 0) is 9.53 Å². The Morgan fingerprint density at radius 2 is 1.86 bits per heavy atom. The first kappa shape index (κ1) is 26.4. The van der Waals surface area contributed by atoms with E-state index in [0.29, 0.717) is 42.1 Å². The topological polar surface area (TPSA) is 66.8 Å². The summed E-state index contributed by atoms with van der Waals surface area (Å²) in [6.45, 7) is 17.4. The van der Waals surface area contributed by atoms with Crippen molar-refractivity contribution >= 4 is 5.97 Å². The summed E-state index contributed by atoms with van der Waals surface area (Å²) in [6, 6.07) is 0. The van der Waals surface area contributed by atoms with E-state index >= 15 is 0 Å². The highest BCUT2D eigenvalue weighted by molar-refractivity contribution is 5.90. The molecule has 1 saturated heterocycles. The van der Waals surface area contributed by atoms with Crippen LogP contribution in [0.15, 0.2) is 47.6 Å². The minimum Gasteiger partial charge on any atom is -0.458 e. The largest absolute Gasteiger partial charge is 0.458 e. The molecule has 4 heteroatoms. The van der Waals surface area contributed by atoms with Gasteiger partial charge in [-0.05, 0) is 91.6 Å². The van der Waals surface area contributed by atoms with E-state index in [9.17, 15) is 15.0 Å². The van der Waals surface area contributed by atoms with E-state index in [1.807, 2.05) is 0 Å². The van der Waals surface area contributed by atoms with E-state index in [4.69, 9.17) is 4.74 Å². The van der Waals surface area contributed by atoms with E-state index in [-0.39, 0.29) is 23.4 Å². The Morgan fingerprint density at radius 3 is 2.57 bits per heavy atom. The van der Waals surface area contributed by atoms with Crippen LogP contribution in [-0.4, -0.2) is 34.5 Å². The van der Waals surface area contributed by atoms with Crippen LogP contribution < -0.4 is 0 Å². The molecule has 2 N–H and O–H groups in total. The molecule has 0 spiro atoms. The normalized spacial score (nSPS) is 41.1. The van der Waals surface area contributed by atoms with Crippen molar-refractivity contribution in [1.82, 2.24) is 0 Å². The van der Waals surface area contributed by atoms with E-state index in [2.05, 4.69) is 53.0 Å². The van der Waals surface area contributed by atoms with Crippen molar-refractivity contribution in [2.75, 3.05) is 0 Å².